The summed E-state index contributed by atoms with van der Waals surface area (Å²) >= 11 is 0. The number of allylic oxidation sites excluding steroid dienone is 2. The highest BCUT2D eigenvalue weighted by Crippen LogP contribution is 2.26. The molecule has 0 rings (SSSR count). The lowest BCUT2D eigenvalue weighted by atomic mass is 10.1. The third-order valence-corrected chi connectivity index (χ3v) is 10.6. The summed E-state index contributed by atoms with van der Waals surface area (Å²) in [6.07, 6.45) is 8.64. The largest absolute Gasteiger partial charge is 0.343 e. The van der Waals surface area contributed by atoms with E-state index < -0.39 is 16.5 Å². The average Bonchev–Trinajstić information content (AvgIpc) is 2.12. The van der Waals surface area contributed by atoms with Crippen molar-refractivity contribution in [1.29, 1.82) is 0 Å². The molecule has 0 fully saturated rings. The third-order valence-electron chi connectivity index (χ3n) is 2.96. The highest BCUT2D eigenvalue weighted by Gasteiger charge is 2.37. The zero-order valence-electron chi connectivity index (χ0n) is 12.9. The van der Waals surface area contributed by atoms with Gasteiger partial charge >= 0.3 is 0 Å². The van der Waals surface area contributed by atoms with Crippen molar-refractivity contribution in [2.75, 3.05) is 0 Å². The van der Waals surface area contributed by atoms with E-state index in [1.54, 1.807) is 0 Å². The van der Waals surface area contributed by atoms with Crippen molar-refractivity contribution in [3.63, 3.8) is 0 Å². The third kappa shape index (κ3) is 5.84. The first-order valence-electron chi connectivity index (χ1n) is 6.71. The van der Waals surface area contributed by atoms with Gasteiger partial charge in [0.1, 0.15) is 16.5 Å². The van der Waals surface area contributed by atoms with E-state index in [1.165, 1.54) is 6.42 Å². The van der Waals surface area contributed by atoms with E-state index in [4.69, 9.17) is 0 Å². The first kappa shape index (κ1) is 16.9. The SMILES string of the molecule is C=C/C=C/CC(CC)N([Si](C)(C)C)[Si](C)(C)C. The molecule has 100 valence electrons. The molecule has 0 aromatic carbocycles. The quantitative estimate of drug-likeness (QED) is 0.471. The van der Waals surface area contributed by atoms with Gasteiger partial charge in [0.2, 0.25) is 0 Å². The van der Waals surface area contributed by atoms with Crippen LogP contribution in [0.2, 0.25) is 39.3 Å². The van der Waals surface area contributed by atoms with Crippen molar-refractivity contribution in [2.24, 2.45) is 0 Å². The van der Waals surface area contributed by atoms with Gasteiger partial charge in [-0.05, 0) is 12.8 Å². The summed E-state index contributed by atoms with van der Waals surface area (Å²) in [5, 5.41) is 0. The minimum Gasteiger partial charge on any atom is -0.343 e. The first-order chi connectivity index (χ1) is 7.64. The normalized spacial score (nSPS) is 15.5. The maximum absolute atomic E-state index is 3.74. The van der Waals surface area contributed by atoms with Crippen LogP contribution in [0, 0.1) is 0 Å². The summed E-state index contributed by atoms with van der Waals surface area (Å²) in [4.78, 5) is 0. The van der Waals surface area contributed by atoms with Crippen LogP contribution in [-0.4, -0.2) is 26.7 Å². The molecule has 17 heavy (non-hydrogen) atoms. The summed E-state index contributed by atoms with van der Waals surface area (Å²) in [7, 11) is -2.46. The van der Waals surface area contributed by atoms with Gasteiger partial charge in [-0.15, -0.1) is 0 Å². The molecule has 0 bridgehead atoms. The Labute approximate surface area is 111 Å². The molecule has 0 radical (unpaired) electrons. The lowest BCUT2D eigenvalue weighted by Crippen LogP contribution is -2.63. The van der Waals surface area contributed by atoms with E-state index in [-0.39, 0.29) is 0 Å². The molecule has 1 nitrogen and oxygen atoms in total. The van der Waals surface area contributed by atoms with E-state index >= 15 is 0 Å². The Morgan fingerprint density at radius 1 is 1.06 bits per heavy atom. The van der Waals surface area contributed by atoms with E-state index in [2.05, 4.69) is 69.2 Å². The molecule has 0 spiro atoms. The Morgan fingerprint density at radius 2 is 1.53 bits per heavy atom. The molecule has 0 aromatic rings. The number of hydrogen-bond acceptors (Lipinski definition) is 1. The van der Waals surface area contributed by atoms with Crippen LogP contribution in [0.4, 0.5) is 0 Å². The zero-order valence-corrected chi connectivity index (χ0v) is 14.9. The monoisotopic (exact) mass is 269 g/mol. The topological polar surface area (TPSA) is 3.24 Å². The van der Waals surface area contributed by atoms with Gasteiger partial charge in [-0.3, -0.25) is 0 Å². The van der Waals surface area contributed by atoms with E-state index in [0.29, 0.717) is 6.04 Å². The highest BCUT2D eigenvalue weighted by molar-refractivity contribution is 6.89. The van der Waals surface area contributed by atoms with Crippen molar-refractivity contribution in [3.8, 4) is 0 Å². The van der Waals surface area contributed by atoms with E-state index in [0.717, 1.165) is 6.42 Å². The van der Waals surface area contributed by atoms with Crippen molar-refractivity contribution in [3.05, 3.63) is 24.8 Å². The van der Waals surface area contributed by atoms with Crippen LogP contribution in [0.15, 0.2) is 24.8 Å². The van der Waals surface area contributed by atoms with Gasteiger partial charge < -0.3 is 4.23 Å². The molecule has 0 aromatic heterocycles. The van der Waals surface area contributed by atoms with Gasteiger partial charge in [-0.25, -0.2) is 0 Å². The molecule has 3 heteroatoms. The second kappa shape index (κ2) is 6.71. The maximum atomic E-state index is 3.74. The molecule has 0 aliphatic rings. The van der Waals surface area contributed by atoms with Crippen LogP contribution in [0.5, 0.6) is 0 Å². The molecule has 0 N–H and O–H groups in total. The van der Waals surface area contributed by atoms with Crippen molar-refractivity contribution in [2.45, 2.75) is 65.1 Å². The molecule has 0 amide bonds. The van der Waals surface area contributed by atoms with Gasteiger partial charge in [0.15, 0.2) is 0 Å². The molecule has 0 saturated carbocycles. The minimum absolute atomic E-state index is 0.713. The second-order valence-corrected chi connectivity index (χ2v) is 16.8. The van der Waals surface area contributed by atoms with Gasteiger partial charge in [0, 0.05) is 6.04 Å². The maximum Gasteiger partial charge on any atom is 0.112 e. The zero-order chi connectivity index (χ0) is 13.7. The molecular weight excluding hydrogens is 238 g/mol. The Morgan fingerprint density at radius 3 is 1.82 bits per heavy atom. The summed E-state index contributed by atoms with van der Waals surface area (Å²) in [5.74, 6) is 0. The summed E-state index contributed by atoms with van der Waals surface area (Å²) in [6, 6.07) is 0.713. The van der Waals surface area contributed by atoms with Gasteiger partial charge in [0.25, 0.3) is 0 Å². The Balaban J connectivity index is 5.00. The fourth-order valence-electron chi connectivity index (χ4n) is 2.89. The van der Waals surface area contributed by atoms with Gasteiger partial charge in [-0.2, -0.15) is 0 Å². The molecule has 0 heterocycles. The Hall–Kier alpha value is -0.126. The smallest absolute Gasteiger partial charge is 0.112 e. The molecule has 1 atom stereocenters. The van der Waals surface area contributed by atoms with Crippen LogP contribution < -0.4 is 0 Å². The minimum atomic E-state index is -1.23. The lowest BCUT2D eigenvalue weighted by Gasteiger charge is -2.48. The fraction of sp³-hybridized carbons (Fsp3) is 0.714. The van der Waals surface area contributed by atoms with Crippen LogP contribution in [0.3, 0.4) is 0 Å². The highest BCUT2D eigenvalue weighted by atomic mass is 28.4. The number of nitrogens with zero attached hydrogens (tertiary/aromatic N) is 1. The summed E-state index contributed by atoms with van der Waals surface area (Å²) < 4.78 is 2.91. The summed E-state index contributed by atoms with van der Waals surface area (Å²) in [5.41, 5.74) is 0. The van der Waals surface area contributed by atoms with Crippen LogP contribution >= 0.6 is 0 Å². The van der Waals surface area contributed by atoms with Gasteiger partial charge in [0.05, 0.1) is 0 Å². The average molecular weight is 270 g/mol. The standard InChI is InChI=1S/C14H31NSi2/c1-9-11-12-13-14(10-2)15(16(3,4)5)17(6,7)8/h9,11-12,14H,1,10,13H2,2-8H3/b12-11+. The predicted molar refractivity (Wildman–Crippen MR) is 86.6 cm³/mol. The van der Waals surface area contributed by atoms with Crippen molar-refractivity contribution in [1.82, 2.24) is 4.23 Å². The fourth-order valence-corrected chi connectivity index (χ4v) is 13.7. The summed E-state index contributed by atoms with van der Waals surface area (Å²) in [6.45, 7) is 20.9. The number of rotatable bonds is 7. The van der Waals surface area contributed by atoms with Crippen molar-refractivity contribution < 1.29 is 0 Å². The van der Waals surface area contributed by atoms with E-state index in [1.807, 2.05) is 6.08 Å². The second-order valence-electron chi connectivity index (χ2n) is 6.67. The molecular formula is C14H31NSi2. The molecule has 0 aliphatic carbocycles. The van der Waals surface area contributed by atoms with Gasteiger partial charge in [-0.1, -0.05) is 71.0 Å². The molecule has 1 unspecified atom stereocenters. The predicted octanol–water partition coefficient (Wildman–Crippen LogP) is 4.87. The lowest BCUT2D eigenvalue weighted by molar-refractivity contribution is 0.429. The Bertz CT molecular complexity index is 244. The van der Waals surface area contributed by atoms with Crippen LogP contribution in [-0.2, 0) is 0 Å². The number of hydrogen-bond donors (Lipinski definition) is 0. The van der Waals surface area contributed by atoms with Crippen LogP contribution in [0.25, 0.3) is 0 Å². The first-order valence-corrected chi connectivity index (χ1v) is 13.6. The Kier molecular flexibility index (Phi) is 6.66. The molecule has 0 aliphatic heterocycles. The van der Waals surface area contributed by atoms with E-state index in [9.17, 15) is 0 Å². The molecule has 0 saturated heterocycles. The van der Waals surface area contributed by atoms with Crippen LogP contribution in [0.1, 0.15) is 19.8 Å². The van der Waals surface area contributed by atoms with Crippen molar-refractivity contribution >= 4 is 16.5 Å².